The minimum atomic E-state index is -0.320. The molecule has 116 valence electrons. The molecule has 0 spiro atoms. The van der Waals surface area contributed by atoms with Crippen LogP contribution in [0.4, 0.5) is 4.39 Å². The molecule has 1 aliphatic carbocycles. The molecule has 3 N–H and O–H groups in total. The van der Waals surface area contributed by atoms with Gasteiger partial charge in [-0.2, -0.15) is 0 Å². The Kier molecular flexibility index (Phi) is 6.14. The molecule has 21 heavy (non-hydrogen) atoms. The van der Waals surface area contributed by atoms with E-state index in [1.807, 2.05) is 0 Å². The van der Waals surface area contributed by atoms with Gasteiger partial charge in [0.05, 0.1) is 19.1 Å². The summed E-state index contributed by atoms with van der Waals surface area (Å²) in [7, 11) is 0. The number of benzene rings is 1. The summed E-state index contributed by atoms with van der Waals surface area (Å²) in [5.74, 6) is -0.436. The third kappa shape index (κ3) is 5.81. The van der Waals surface area contributed by atoms with Crippen LogP contribution in [0.2, 0.25) is 0 Å². The van der Waals surface area contributed by atoms with Gasteiger partial charge in [-0.15, -0.1) is 0 Å². The maximum absolute atomic E-state index is 13.0. The summed E-state index contributed by atoms with van der Waals surface area (Å²) in [5.41, 5.74) is 6.51. The number of nitrogens with one attached hydrogen (secondary N) is 1. The van der Waals surface area contributed by atoms with Gasteiger partial charge in [-0.05, 0) is 43.4 Å². The molecule has 0 unspecified atom stereocenters. The number of ether oxygens (including phenoxy) is 1. The predicted octanol–water partition coefficient (Wildman–Crippen LogP) is 1.77. The van der Waals surface area contributed by atoms with Crippen molar-refractivity contribution in [1.82, 2.24) is 5.32 Å². The second-order valence-electron chi connectivity index (χ2n) is 5.56. The van der Waals surface area contributed by atoms with E-state index in [-0.39, 0.29) is 24.2 Å². The van der Waals surface area contributed by atoms with E-state index in [2.05, 4.69) is 5.32 Å². The Morgan fingerprint density at radius 2 is 2.10 bits per heavy atom. The molecule has 0 radical (unpaired) electrons. The molecule has 1 saturated carbocycles. The highest BCUT2D eigenvalue weighted by molar-refractivity contribution is 5.78. The maximum atomic E-state index is 13.0. The van der Waals surface area contributed by atoms with Crippen LogP contribution in [0.1, 0.15) is 31.2 Å². The fourth-order valence-corrected chi connectivity index (χ4v) is 2.57. The van der Waals surface area contributed by atoms with E-state index >= 15 is 0 Å². The lowest BCUT2D eigenvalue weighted by Crippen LogP contribution is -2.33. The topological polar surface area (TPSA) is 64.3 Å². The quantitative estimate of drug-likeness (QED) is 0.786. The van der Waals surface area contributed by atoms with Crippen molar-refractivity contribution in [3.05, 3.63) is 35.6 Å². The van der Waals surface area contributed by atoms with Gasteiger partial charge >= 0.3 is 0 Å². The molecule has 1 aromatic carbocycles. The van der Waals surface area contributed by atoms with Gasteiger partial charge in [0, 0.05) is 12.6 Å². The summed E-state index contributed by atoms with van der Waals surface area (Å²) in [6.07, 6.45) is 4.48. The Balaban J connectivity index is 1.59. The third-order valence-corrected chi connectivity index (χ3v) is 3.75. The monoisotopic (exact) mass is 294 g/mol. The minimum absolute atomic E-state index is 0.116. The minimum Gasteiger partial charge on any atom is -0.376 e. The first kappa shape index (κ1) is 15.9. The van der Waals surface area contributed by atoms with Crippen LogP contribution < -0.4 is 11.1 Å². The number of nitrogens with two attached hydrogens (primary N) is 1. The van der Waals surface area contributed by atoms with Gasteiger partial charge in [-0.3, -0.25) is 4.79 Å². The molecular weight excluding hydrogens is 271 g/mol. The standard InChI is InChI=1S/C16H23FN2O2/c17-13-3-1-2-12(10-13)11-16(20)19-8-9-21-15-6-4-14(18)5-7-15/h1-3,10,14-15H,4-9,11,18H2,(H,19,20). The average Bonchev–Trinajstić information content (AvgIpc) is 2.45. The highest BCUT2D eigenvalue weighted by atomic mass is 19.1. The highest BCUT2D eigenvalue weighted by Gasteiger charge is 2.18. The van der Waals surface area contributed by atoms with Crippen LogP contribution in [-0.4, -0.2) is 31.2 Å². The van der Waals surface area contributed by atoms with E-state index in [4.69, 9.17) is 10.5 Å². The summed E-state index contributed by atoms with van der Waals surface area (Å²) >= 11 is 0. The molecule has 0 heterocycles. The molecule has 0 atom stereocenters. The van der Waals surface area contributed by atoms with Gasteiger partial charge in [-0.1, -0.05) is 12.1 Å². The van der Waals surface area contributed by atoms with Gasteiger partial charge in [0.1, 0.15) is 5.82 Å². The zero-order chi connectivity index (χ0) is 15.1. The highest BCUT2D eigenvalue weighted by Crippen LogP contribution is 2.19. The maximum Gasteiger partial charge on any atom is 0.224 e. The number of halogens is 1. The summed E-state index contributed by atoms with van der Waals surface area (Å²) in [4.78, 5) is 11.7. The van der Waals surface area contributed by atoms with Crippen molar-refractivity contribution in [1.29, 1.82) is 0 Å². The Morgan fingerprint density at radius 3 is 2.81 bits per heavy atom. The molecule has 1 aliphatic rings. The molecule has 0 aromatic heterocycles. The smallest absolute Gasteiger partial charge is 0.224 e. The first-order valence-corrected chi connectivity index (χ1v) is 7.52. The molecular formula is C16H23FN2O2. The normalized spacial score (nSPS) is 22.0. The van der Waals surface area contributed by atoms with Crippen molar-refractivity contribution in [2.75, 3.05) is 13.2 Å². The van der Waals surface area contributed by atoms with E-state index in [1.165, 1.54) is 12.1 Å². The van der Waals surface area contributed by atoms with Crippen molar-refractivity contribution < 1.29 is 13.9 Å². The van der Waals surface area contributed by atoms with E-state index in [0.29, 0.717) is 24.8 Å². The van der Waals surface area contributed by atoms with Crippen LogP contribution in [-0.2, 0) is 16.0 Å². The van der Waals surface area contributed by atoms with Crippen molar-refractivity contribution in [3.63, 3.8) is 0 Å². The largest absolute Gasteiger partial charge is 0.376 e. The van der Waals surface area contributed by atoms with Crippen LogP contribution in [0.15, 0.2) is 24.3 Å². The zero-order valence-corrected chi connectivity index (χ0v) is 12.2. The van der Waals surface area contributed by atoms with Gasteiger partial charge < -0.3 is 15.8 Å². The SMILES string of the molecule is NC1CCC(OCCNC(=O)Cc2cccc(F)c2)CC1. The van der Waals surface area contributed by atoms with Crippen LogP contribution in [0.25, 0.3) is 0 Å². The van der Waals surface area contributed by atoms with Gasteiger partial charge in [-0.25, -0.2) is 4.39 Å². The molecule has 0 aliphatic heterocycles. The van der Waals surface area contributed by atoms with Crippen LogP contribution in [0.3, 0.4) is 0 Å². The van der Waals surface area contributed by atoms with E-state index in [1.54, 1.807) is 12.1 Å². The number of carbonyl (C=O) groups excluding carboxylic acids is 1. The Hall–Kier alpha value is -1.46. The van der Waals surface area contributed by atoms with E-state index in [0.717, 1.165) is 25.7 Å². The van der Waals surface area contributed by atoms with Crippen molar-refractivity contribution in [3.8, 4) is 0 Å². The van der Waals surface area contributed by atoms with Gasteiger partial charge in [0.25, 0.3) is 0 Å². The molecule has 5 heteroatoms. The number of hydrogen-bond acceptors (Lipinski definition) is 3. The summed E-state index contributed by atoms with van der Waals surface area (Å²) in [5, 5.41) is 2.79. The predicted molar refractivity (Wildman–Crippen MR) is 79.3 cm³/mol. The first-order valence-electron chi connectivity index (χ1n) is 7.52. The van der Waals surface area contributed by atoms with Crippen LogP contribution >= 0.6 is 0 Å². The van der Waals surface area contributed by atoms with Crippen LogP contribution in [0, 0.1) is 5.82 Å². The zero-order valence-electron chi connectivity index (χ0n) is 12.2. The number of carbonyl (C=O) groups is 1. The number of rotatable bonds is 6. The fraction of sp³-hybridized carbons (Fsp3) is 0.562. The molecule has 1 aromatic rings. The number of amides is 1. The average molecular weight is 294 g/mol. The Morgan fingerprint density at radius 1 is 1.33 bits per heavy atom. The lowest BCUT2D eigenvalue weighted by Gasteiger charge is -2.26. The summed E-state index contributed by atoms with van der Waals surface area (Å²) < 4.78 is 18.7. The first-order chi connectivity index (χ1) is 10.1. The van der Waals surface area contributed by atoms with E-state index < -0.39 is 0 Å². The van der Waals surface area contributed by atoms with Crippen molar-refractivity contribution in [2.24, 2.45) is 5.73 Å². The molecule has 1 fully saturated rings. The molecule has 2 rings (SSSR count). The summed E-state index contributed by atoms with van der Waals surface area (Å²) in [6.45, 7) is 0.992. The third-order valence-electron chi connectivity index (χ3n) is 3.75. The number of hydrogen-bond donors (Lipinski definition) is 2. The summed E-state index contributed by atoms with van der Waals surface area (Å²) in [6, 6.07) is 6.40. The van der Waals surface area contributed by atoms with Crippen molar-refractivity contribution in [2.45, 2.75) is 44.2 Å². The van der Waals surface area contributed by atoms with Gasteiger partial charge in [0.2, 0.25) is 5.91 Å². The van der Waals surface area contributed by atoms with Crippen LogP contribution in [0.5, 0.6) is 0 Å². The second kappa shape index (κ2) is 8.10. The molecule has 1 amide bonds. The van der Waals surface area contributed by atoms with Crippen molar-refractivity contribution >= 4 is 5.91 Å². The molecule has 4 nitrogen and oxygen atoms in total. The van der Waals surface area contributed by atoms with E-state index in [9.17, 15) is 9.18 Å². The van der Waals surface area contributed by atoms with Gasteiger partial charge in [0.15, 0.2) is 0 Å². The second-order valence-corrected chi connectivity index (χ2v) is 5.56. The lowest BCUT2D eigenvalue weighted by atomic mass is 9.94. The molecule has 0 bridgehead atoms. The molecule has 0 saturated heterocycles. The Bertz CT molecular complexity index is 459. The Labute approximate surface area is 124 Å². The lowest BCUT2D eigenvalue weighted by molar-refractivity contribution is -0.120. The fourth-order valence-electron chi connectivity index (χ4n) is 2.57.